The summed E-state index contributed by atoms with van der Waals surface area (Å²) in [7, 11) is 3.25. The van der Waals surface area contributed by atoms with Crippen LogP contribution >= 0.6 is 0 Å². The van der Waals surface area contributed by atoms with Gasteiger partial charge in [-0.25, -0.2) is 4.98 Å². The summed E-state index contributed by atoms with van der Waals surface area (Å²) in [4.78, 5) is 8.57. The van der Waals surface area contributed by atoms with Gasteiger partial charge in [0.15, 0.2) is 0 Å². The summed E-state index contributed by atoms with van der Waals surface area (Å²) in [5, 5.41) is 3.25. The van der Waals surface area contributed by atoms with E-state index in [0.717, 1.165) is 22.8 Å². The van der Waals surface area contributed by atoms with Crippen molar-refractivity contribution in [3.63, 3.8) is 0 Å². The molecule has 0 fully saturated rings. The number of nitrogens with zero attached hydrogens (tertiary/aromatic N) is 2. The topological polar surface area (TPSA) is 56.3 Å². The van der Waals surface area contributed by atoms with Gasteiger partial charge in [0, 0.05) is 23.9 Å². The third kappa shape index (κ3) is 3.58. The number of anilines is 1. The highest BCUT2D eigenvalue weighted by Crippen LogP contribution is 2.15. The lowest BCUT2D eigenvalue weighted by atomic mass is 10.3. The highest BCUT2D eigenvalue weighted by molar-refractivity contribution is 5.42. The molecule has 2 aromatic rings. The van der Waals surface area contributed by atoms with Crippen molar-refractivity contribution < 1.29 is 9.47 Å². The van der Waals surface area contributed by atoms with E-state index in [4.69, 9.17) is 9.47 Å². The van der Waals surface area contributed by atoms with Crippen LogP contribution in [-0.4, -0.2) is 24.2 Å². The van der Waals surface area contributed by atoms with E-state index in [1.54, 1.807) is 20.4 Å². The third-order valence-electron chi connectivity index (χ3n) is 2.63. The molecule has 2 heterocycles. The molecule has 0 amide bonds. The fraction of sp³-hybridized carbons (Fsp3) is 0.286. The van der Waals surface area contributed by atoms with Gasteiger partial charge in [-0.3, -0.25) is 4.98 Å². The van der Waals surface area contributed by atoms with Gasteiger partial charge in [-0.2, -0.15) is 0 Å². The van der Waals surface area contributed by atoms with Crippen LogP contribution in [0.3, 0.4) is 0 Å². The number of ether oxygens (including phenoxy) is 2. The fourth-order valence-electron chi connectivity index (χ4n) is 1.71. The van der Waals surface area contributed by atoms with Crippen LogP contribution in [0.5, 0.6) is 11.6 Å². The first-order valence-electron chi connectivity index (χ1n) is 5.96. The molecule has 1 N–H and O–H groups in total. The van der Waals surface area contributed by atoms with Crippen LogP contribution in [0.25, 0.3) is 0 Å². The van der Waals surface area contributed by atoms with Crippen molar-refractivity contribution in [1.82, 2.24) is 9.97 Å². The predicted molar refractivity (Wildman–Crippen MR) is 73.6 cm³/mol. The lowest BCUT2D eigenvalue weighted by Gasteiger charge is -2.08. The van der Waals surface area contributed by atoms with Crippen LogP contribution in [0, 0.1) is 6.92 Å². The molecule has 0 aliphatic rings. The van der Waals surface area contributed by atoms with Gasteiger partial charge in [0.05, 0.1) is 38.3 Å². The van der Waals surface area contributed by atoms with Gasteiger partial charge in [-0.15, -0.1) is 0 Å². The third-order valence-corrected chi connectivity index (χ3v) is 2.63. The standard InChI is InChI=1S/C14H17N3O2/c1-10-6-13(18-2)7-12(17-10)9-15-11-4-5-14(19-3)16-8-11/h4-8,15H,9H2,1-3H3. The molecule has 0 spiro atoms. The smallest absolute Gasteiger partial charge is 0.213 e. The van der Waals surface area contributed by atoms with Crippen LogP contribution in [-0.2, 0) is 6.54 Å². The van der Waals surface area contributed by atoms with Gasteiger partial charge in [0.25, 0.3) is 0 Å². The molecule has 0 aliphatic heterocycles. The second-order valence-corrected chi connectivity index (χ2v) is 4.08. The van der Waals surface area contributed by atoms with Crippen LogP contribution in [0.4, 0.5) is 5.69 Å². The van der Waals surface area contributed by atoms with Crippen molar-refractivity contribution >= 4 is 5.69 Å². The first-order chi connectivity index (χ1) is 9.21. The molecular formula is C14H17N3O2. The number of pyridine rings is 2. The van der Waals surface area contributed by atoms with Crippen molar-refractivity contribution in [2.24, 2.45) is 0 Å². The van der Waals surface area contributed by atoms with Crippen molar-refractivity contribution in [2.45, 2.75) is 13.5 Å². The Morgan fingerprint density at radius 3 is 2.63 bits per heavy atom. The van der Waals surface area contributed by atoms with E-state index < -0.39 is 0 Å². The van der Waals surface area contributed by atoms with Gasteiger partial charge in [-0.1, -0.05) is 0 Å². The Balaban J connectivity index is 2.03. The second-order valence-electron chi connectivity index (χ2n) is 4.08. The SMILES string of the molecule is COc1cc(C)nc(CNc2ccc(OC)nc2)c1. The van der Waals surface area contributed by atoms with Gasteiger partial charge in [0.2, 0.25) is 5.88 Å². The van der Waals surface area contributed by atoms with Gasteiger partial charge in [0.1, 0.15) is 5.75 Å². The zero-order chi connectivity index (χ0) is 13.7. The first kappa shape index (κ1) is 13.1. The van der Waals surface area contributed by atoms with E-state index in [1.807, 2.05) is 31.2 Å². The number of methoxy groups -OCH3 is 2. The van der Waals surface area contributed by atoms with Crippen molar-refractivity contribution in [3.8, 4) is 11.6 Å². The Bertz CT molecular complexity index is 541. The summed E-state index contributed by atoms with van der Waals surface area (Å²) < 4.78 is 10.2. The normalized spacial score (nSPS) is 10.1. The van der Waals surface area contributed by atoms with E-state index >= 15 is 0 Å². The van der Waals surface area contributed by atoms with Crippen LogP contribution in [0.1, 0.15) is 11.4 Å². The monoisotopic (exact) mass is 259 g/mol. The minimum absolute atomic E-state index is 0.598. The minimum Gasteiger partial charge on any atom is -0.497 e. The van der Waals surface area contributed by atoms with Gasteiger partial charge >= 0.3 is 0 Å². The molecular weight excluding hydrogens is 242 g/mol. The number of rotatable bonds is 5. The summed E-state index contributed by atoms with van der Waals surface area (Å²) in [6.45, 7) is 2.56. The zero-order valence-electron chi connectivity index (χ0n) is 11.3. The molecule has 0 saturated carbocycles. The van der Waals surface area contributed by atoms with Crippen molar-refractivity contribution in [2.75, 3.05) is 19.5 Å². The van der Waals surface area contributed by atoms with E-state index in [-0.39, 0.29) is 0 Å². The summed E-state index contributed by atoms with van der Waals surface area (Å²) in [6, 6.07) is 7.54. The minimum atomic E-state index is 0.598. The Morgan fingerprint density at radius 2 is 2.00 bits per heavy atom. The number of aryl methyl sites for hydroxylation is 1. The number of hydrogen-bond acceptors (Lipinski definition) is 5. The summed E-state index contributed by atoms with van der Waals surface area (Å²) in [5.74, 6) is 1.41. The largest absolute Gasteiger partial charge is 0.497 e. The summed E-state index contributed by atoms with van der Waals surface area (Å²) in [5.41, 5.74) is 2.78. The Labute approximate surface area is 112 Å². The Morgan fingerprint density at radius 1 is 1.16 bits per heavy atom. The van der Waals surface area contributed by atoms with E-state index in [2.05, 4.69) is 15.3 Å². The van der Waals surface area contributed by atoms with Gasteiger partial charge in [-0.05, 0) is 13.0 Å². The molecule has 5 heteroatoms. The average molecular weight is 259 g/mol. The molecule has 0 saturated heterocycles. The Hall–Kier alpha value is -2.30. The van der Waals surface area contributed by atoms with E-state index in [1.165, 1.54) is 0 Å². The maximum absolute atomic E-state index is 5.22. The molecule has 0 atom stereocenters. The summed E-state index contributed by atoms with van der Waals surface area (Å²) in [6.07, 6.45) is 1.73. The highest BCUT2D eigenvalue weighted by Gasteiger charge is 2.01. The lowest BCUT2D eigenvalue weighted by molar-refractivity contribution is 0.398. The molecule has 0 aliphatic carbocycles. The van der Waals surface area contributed by atoms with Gasteiger partial charge < -0.3 is 14.8 Å². The van der Waals surface area contributed by atoms with Crippen molar-refractivity contribution in [3.05, 3.63) is 41.9 Å². The average Bonchev–Trinajstić information content (AvgIpc) is 2.45. The molecule has 100 valence electrons. The maximum Gasteiger partial charge on any atom is 0.213 e. The quantitative estimate of drug-likeness (QED) is 0.893. The van der Waals surface area contributed by atoms with Crippen LogP contribution in [0.2, 0.25) is 0 Å². The summed E-state index contributed by atoms with van der Waals surface area (Å²) >= 11 is 0. The van der Waals surface area contributed by atoms with Crippen LogP contribution < -0.4 is 14.8 Å². The number of nitrogens with one attached hydrogen (secondary N) is 1. The van der Waals surface area contributed by atoms with E-state index in [9.17, 15) is 0 Å². The molecule has 0 radical (unpaired) electrons. The predicted octanol–water partition coefficient (Wildman–Crippen LogP) is 2.41. The zero-order valence-corrected chi connectivity index (χ0v) is 11.3. The Kier molecular flexibility index (Phi) is 4.18. The molecule has 0 unspecified atom stereocenters. The second kappa shape index (κ2) is 6.04. The molecule has 19 heavy (non-hydrogen) atoms. The molecule has 0 bridgehead atoms. The van der Waals surface area contributed by atoms with Crippen LogP contribution in [0.15, 0.2) is 30.5 Å². The number of hydrogen-bond donors (Lipinski definition) is 1. The fourth-order valence-corrected chi connectivity index (χ4v) is 1.71. The first-order valence-corrected chi connectivity index (χ1v) is 5.96. The highest BCUT2D eigenvalue weighted by atomic mass is 16.5. The molecule has 2 rings (SSSR count). The molecule has 5 nitrogen and oxygen atoms in total. The lowest BCUT2D eigenvalue weighted by Crippen LogP contribution is -2.03. The number of aromatic nitrogens is 2. The molecule has 2 aromatic heterocycles. The molecule has 0 aromatic carbocycles. The maximum atomic E-state index is 5.22. The van der Waals surface area contributed by atoms with E-state index in [0.29, 0.717) is 12.4 Å². The van der Waals surface area contributed by atoms with Crippen molar-refractivity contribution in [1.29, 1.82) is 0 Å².